The fraction of sp³-hybridized carbons (Fsp3) is 0.414. The molecule has 1 atom stereocenters. The molecule has 164 valence electrons. The molecule has 0 aliphatic heterocycles. The number of aryl methyl sites for hydroxylation is 4. The number of allylic oxidation sites excluding steroid dienone is 2. The Kier molecular flexibility index (Phi) is 6.59. The van der Waals surface area contributed by atoms with Gasteiger partial charge in [0.1, 0.15) is 6.61 Å². The minimum Gasteiger partial charge on any atom is -0.464 e. The Morgan fingerprint density at radius 3 is 1.68 bits per heavy atom. The zero-order chi connectivity index (χ0) is 22.9. The molecule has 2 aromatic carbocycles. The van der Waals surface area contributed by atoms with Gasteiger partial charge in [-0.3, -0.25) is 4.79 Å². The van der Waals surface area contributed by atoms with E-state index in [9.17, 15) is 4.79 Å². The summed E-state index contributed by atoms with van der Waals surface area (Å²) in [6.45, 7) is 17.4. The normalized spacial score (nSPS) is 16.4. The van der Waals surface area contributed by atoms with Gasteiger partial charge in [0.25, 0.3) is 0 Å². The van der Waals surface area contributed by atoms with Gasteiger partial charge in [0.2, 0.25) is 0 Å². The third-order valence-electron chi connectivity index (χ3n) is 6.02. The first-order chi connectivity index (χ1) is 14.4. The Hall–Kier alpha value is -2.61. The maximum atomic E-state index is 13.1. The van der Waals surface area contributed by atoms with Crippen LogP contribution in [0.5, 0.6) is 0 Å². The average molecular weight is 417 g/mol. The van der Waals surface area contributed by atoms with Crippen LogP contribution in [-0.2, 0) is 9.53 Å². The number of hydrogen-bond donors (Lipinski definition) is 0. The van der Waals surface area contributed by atoms with Gasteiger partial charge in [-0.1, -0.05) is 97.1 Å². The maximum Gasteiger partial charge on any atom is 0.317 e. The molecule has 2 aromatic rings. The quantitative estimate of drug-likeness (QED) is 0.484. The van der Waals surface area contributed by atoms with Gasteiger partial charge < -0.3 is 4.74 Å². The van der Waals surface area contributed by atoms with Crippen molar-refractivity contribution in [3.8, 4) is 0 Å². The highest BCUT2D eigenvalue weighted by Crippen LogP contribution is 2.36. The van der Waals surface area contributed by atoms with Crippen molar-refractivity contribution >= 4 is 5.97 Å². The summed E-state index contributed by atoms with van der Waals surface area (Å²) >= 11 is 0. The molecule has 0 radical (unpaired) electrons. The number of esters is 1. The molecule has 2 nitrogen and oxygen atoms in total. The van der Waals surface area contributed by atoms with Crippen molar-refractivity contribution in [1.29, 1.82) is 0 Å². The summed E-state index contributed by atoms with van der Waals surface area (Å²) in [6.07, 6.45) is 4.21. The van der Waals surface area contributed by atoms with Gasteiger partial charge >= 0.3 is 5.97 Å². The summed E-state index contributed by atoms with van der Waals surface area (Å²) in [6, 6.07) is 13.2. The van der Waals surface area contributed by atoms with Crippen molar-refractivity contribution in [1.82, 2.24) is 0 Å². The van der Waals surface area contributed by atoms with E-state index in [1.165, 1.54) is 39.0 Å². The van der Waals surface area contributed by atoms with E-state index in [0.29, 0.717) is 6.61 Å². The minimum atomic E-state index is -0.284. The molecule has 0 aromatic heterocycles. The number of carbonyl (C=O) groups excluding carboxylic acids is 1. The van der Waals surface area contributed by atoms with Crippen molar-refractivity contribution in [3.63, 3.8) is 0 Å². The highest BCUT2D eigenvalue weighted by atomic mass is 16.5. The average Bonchev–Trinajstić information content (AvgIpc) is 3.02. The molecule has 0 bridgehead atoms. The first kappa shape index (κ1) is 23.1. The zero-order valence-corrected chi connectivity index (χ0v) is 20.3. The topological polar surface area (TPSA) is 26.3 Å². The van der Waals surface area contributed by atoms with Crippen LogP contribution in [0.15, 0.2) is 59.7 Å². The second kappa shape index (κ2) is 8.86. The Bertz CT molecular complexity index is 955. The summed E-state index contributed by atoms with van der Waals surface area (Å²) < 4.78 is 5.96. The molecule has 0 saturated heterocycles. The molecule has 0 fully saturated rings. The second-order valence-electron chi connectivity index (χ2n) is 10.3. The molecule has 0 saturated carbocycles. The fourth-order valence-corrected chi connectivity index (χ4v) is 4.48. The fourth-order valence-electron chi connectivity index (χ4n) is 4.48. The lowest BCUT2D eigenvalue weighted by molar-refractivity contribution is -0.145. The molecule has 0 amide bonds. The van der Waals surface area contributed by atoms with Crippen LogP contribution in [0.4, 0.5) is 0 Å². The van der Waals surface area contributed by atoms with Crippen molar-refractivity contribution in [2.24, 2.45) is 11.3 Å². The molecule has 1 aliphatic rings. The lowest BCUT2D eigenvalue weighted by atomic mass is 9.87. The van der Waals surface area contributed by atoms with E-state index in [-0.39, 0.29) is 23.2 Å². The van der Waals surface area contributed by atoms with E-state index < -0.39 is 0 Å². The summed E-state index contributed by atoms with van der Waals surface area (Å²) in [5, 5.41) is 0. The van der Waals surface area contributed by atoms with E-state index in [1.807, 2.05) is 6.92 Å². The van der Waals surface area contributed by atoms with Gasteiger partial charge in [-0.05, 0) is 56.7 Å². The molecule has 1 aliphatic carbocycles. The van der Waals surface area contributed by atoms with Crippen LogP contribution in [0, 0.1) is 39.0 Å². The standard InChI is InChI=1S/C29H36O2/c1-18-9-19(2)12-23(11-18)27(24-13-20(3)10-21(4)14-24)17-31-28(30)26-16-25(15-22(26)5)29(6,7)8/h9-16,26-27H,17H2,1-8H3. The van der Waals surface area contributed by atoms with E-state index in [4.69, 9.17) is 4.74 Å². The highest BCUT2D eigenvalue weighted by molar-refractivity contribution is 5.80. The van der Waals surface area contributed by atoms with Gasteiger partial charge in [-0.15, -0.1) is 0 Å². The predicted octanol–water partition coefficient (Wildman–Crippen LogP) is 7.14. The zero-order valence-electron chi connectivity index (χ0n) is 20.3. The summed E-state index contributed by atoms with van der Waals surface area (Å²) in [5.41, 5.74) is 9.57. The Labute approximate surface area is 188 Å². The van der Waals surface area contributed by atoms with Crippen LogP contribution >= 0.6 is 0 Å². The lowest BCUT2D eigenvalue weighted by Gasteiger charge is -2.22. The van der Waals surface area contributed by atoms with Crippen molar-refractivity contribution in [2.75, 3.05) is 6.61 Å². The third-order valence-corrected chi connectivity index (χ3v) is 6.02. The first-order valence-electron chi connectivity index (χ1n) is 11.2. The van der Waals surface area contributed by atoms with Crippen LogP contribution in [0.3, 0.4) is 0 Å². The number of benzene rings is 2. The molecule has 0 heterocycles. The van der Waals surface area contributed by atoms with Crippen LogP contribution in [0.2, 0.25) is 0 Å². The van der Waals surface area contributed by atoms with Gasteiger partial charge in [0.05, 0.1) is 5.92 Å². The van der Waals surface area contributed by atoms with E-state index in [1.54, 1.807) is 0 Å². The second-order valence-corrected chi connectivity index (χ2v) is 10.3. The molecule has 0 spiro atoms. The monoisotopic (exact) mass is 416 g/mol. The Balaban J connectivity index is 1.88. The van der Waals surface area contributed by atoms with Crippen molar-refractivity contribution < 1.29 is 9.53 Å². The molecule has 0 N–H and O–H groups in total. The smallest absolute Gasteiger partial charge is 0.317 e. The summed E-state index contributed by atoms with van der Waals surface area (Å²) in [7, 11) is 0. The number of carbonyl (C=O) groups is 1. The first-order valence-corrected chi connectivity index (χ1v) is 11.2. The molecular weight excluding hydrogens is 380 g/mol. The molecule has 3 rings (SSSR count). The Morgan fingerprint density at radius 1 is 0.839 bits per heavy atom. The third kappa shape index (κ3) is 5.55. The lowest BCUT2D eigenvalue weighted by Crippen LogP contribution is -2.20. The van der Waals surface area contributed by atoms with Crippen LogP contribution in [-0.4, -0.2) is 12.6 Å². The molecule has 2 heteroatoms. The van der Waals surface area contributed by atoms with Crippen molar-refractivity contribution in [2.45, 2.75) is 61.3 Å². The molecule has 31 heavy (non-hydrogen) atoms. The van der Waals surface area contributed by atoms with E-state index in [0.717, 1.165) is 5.57 Å². The van der Waals surface area contributed by atoms with Crippen molar-refractivity contribution in [3.05, 3.63) is 93.1 Å². The van der Waals surface area contributed by atoms with Gasteiger partial charge in [-0.25, -0.2) is 0 Å². The van der Waals surface area contributed by atoms with Crippen LogP contribution < -0.4 is 0 Å². The number of rotatable bonds is 5. The summed E-state index contributed by atoms with van der Waals surface area (Å²) in [5.74, 6) is -0.432. The predicted molar refractivity (Wildman–Crippen MR) is 129 cm³/mol. The van der Waals surface area contributed by atoms with Gasteiger partial charge in [-0.2, -0.15) is 0 Å². The number of hydrogen-bond acceptors (Lipinski definition) is 2. The minimum absolute atomic E-state index is 0.0119. The maximum absolute atomic E-state index is 13.1. The summed E-state index contributed by atoms with van der Waals surface area (Å²) in [4.78, 5) is 13.1. The molecule has 1 unspecified atom stereocenters. The van der Waals surface area contributed by atoms with Gasteiger partial charge in [0, 0.05) is 5.92 Å². The largest absolute Gasteiger partial charge is 0.464 e. The number of ether oxygens (including phenoxy) is 1. The molecular formula is C29H36O2. The van der Waals surface area contributed by atoms with Gasteiger partial charge in [0.15, 0.2) is 0 Å². The Morgan fingerprint density at radius 2 is 1.29 bits per heavy atom. The van der Waals surface area contributed by atoms with Crippen LogP contribution in [0.1, 0.15) is 67.0 Å². The van der Waals surface area contributed by atoms with E-state index in [2.05, 4.69) is 97.0 Å². The SMILES string of the molecule is CC1=CC(C(C)(C)C)=CC1C(=O)OCC(c1cc(C)cc(C)c1)c1cc(C)cc(C)c1. The van der Waals surface area contributed by atoms with Crippen LogP contribution in [0.25, 0.3) is 0 Å². The van der Waals surface area contributed by atoms with E-state index >= 15 is 0 Å². The highest BCUT2D eigenvalue weighted by Gasteiger charge is 2.30.